The first kappa shape index (κ1) is 21.4. The van der Waals surface area contributed by atoms with Crippen LogP contribution in [0.2, 0.25) is 10.6 Å². The molecule has 0 atom stereocenters. The van der Waals surface area contributed by atoms with E-state index in [2.05, 4.69) is 63.2 Å². The average Bonchev–Trinajstić information content (AvgIpc) is 2.39. The van der Waals surface area contributed by atoms with E-state index in [1.54, 1.807) is 0 Å². The van der Waals surface area contributed by atoms with Gasteiger partial charge in [0, 0.05) is 26.3 Å². The van der Waals surface area contributed by atoms with E-state index in [1.165, 1.54) is 28.8 Å². The van der Waals surface area contributed by atoms with Gasteiger partial charge in [-0.25, -0.2) is 10.9 Å². The molecule has 1 N–H and O–H groups in total. The summed E-state index contributed by atoms with van der Waals surface area (Å²) in [5.41, 5.74) is 0. The van der Waals surface area contributed by atoms with Crippen LogP contribution in [0.15, 0.2) is 0 Å². The molecule has 0 unspecified atom stereocenters. The van der Waals surface area contributed by atoms with Crippen LogP contribution in [0.3, 0.4) is 0 Å². The summed E-state index contributed by atoms with van der Waals surface area (Å²) in [6.07, 6.45) is 0. The fourth-order valence-corrected chi connectivity index (χ4v) is 8.98. The minimum absolute atomic E-state index is 0.00923. The van der Waals surface area contributed by atoms with Crippen molar-refractivity contribution >= 4 is 46.5 Å². The van der Waals surface area contributed by atoms with Crippen LogP contribution in [0.4, 0.5) is 0 Å². The second kappa shape index (κ2) is 9.84. The molecule has 2 rings (SSSR count). The quantitative estimate of drug-likeness (QED) is 0.567. The molecule has 0 saturated carbocycles. The van der Waals surface area contributed by atoms with Crippen molar-refractivity contribution in [2.75, 3.05) is 55.1 Å². The van der Waals surface area contributed by atoms with Crippen LogP contribution in [-0.4, -0.2) is 67.5 Å². The normalized spacial score (nSPS) is 24.1. The van der Waals surface area contributed by atoms with Gasteiger partial charge in [-0.1, -0.05) is 34.6 Å². The molecule has 2 aliphatic rings. The summed E-state index contributed by atoms with van der Waals surface area (Å²) in [7, 11) is -0.0400. The molecule has 0 aromatic heterocycles. The molecular formula is C16H35B2NO2S3. The fourth-order valence-electron chi connectivity index (χ4n) is 3.15. The second-order valence-corrected chi connectivity index (χ2v) is 13.8. The van der Waals surface area contributed by atoms with Gasteiger partial charge in [-0.15, -0.1) is 0 Å². The van der Waals surface area contributed by atoms with Crippen LogP contribution in [-0.2, 0) is 9.31 Å². The second-order valence-electron chi connectivity index (χ2n) is 8.53. The molecule has 0 aromatic carbocycles. The van der Waals surface area contributed by atoms with Crippen molar-refractivity contribution < 1.29 is 9.31 Å². The summed E-state index contributed by atoms with van der Waals surface area (Å²) >= 11 is 4.31. The topological polar surface area (TPSA) is 30.5 Å². The molecule has 3 nitrogen and oxygen atoms in total. The van der Waals surface area contributed by atoms with Gasteiger partial charge in [0.25, 0.3) is 5.27 Å². The molecule has 0 radical (unpaired) electrons. The molecule has 8 heteroatoms. The molecule has 2 aliphatic heterocycles. The number of nitrogens with one attached hydrogen (secondary N) is 1. The Morgan fingerprint density at radius 2 is 1.50 bits per heavy atom. The number of hydrogen-bond donors (Lipinski definition) is 2. The van der Waals surface area contributed by atoms with Crippen LogP contribution < -0.4 is 5.32 Å². The highest BCUT2D eigenvalue weighted by Gasteiger charge is 2.38. The molecule has 0 spiro atoms. The monoisotopic (exact) mass is 391 g/mol. The van der Waals surface area contributed by atoms with E-state index < -0.39 is 0 Å². The van der Waals surface area contributed by atoms with Crippen molar-refractivity contribution in [2.45, 2.75) is 45.2 Å². The molecule has 24 heavy (non-hydrogen) atoms. The first-order chi connectivity index (χ1) is 11.3. The lowest BCUT2D eigenvalue weighted by molar-refractivity contribution is 0.192. The summed E-state index contributed by atoms with van der Waals surface area (Å²) in [4.78, 5) is 0. The summed E-state index contributed by atoms with van der Waals surface area (Å²) in [6.45, 7) is 15.6. The third-order valence-corrected chi connectivity index (χ3v) is 10.9. The lowest BCUT2D eigenvalue weighted by Crippen LogP contribution is -2.38. The van der Waals surface area contributed by atoms with Gasteiger partial charge in [-0.2, -0.15) is 23.2 Å². The van der Waals surface area contributed by atoms with Crippen LogP contribution in [0.25, 0.3) is 0 Å². The van der Waals surface area contributed by atoms with Crippen molar-refractivity contribution in [3.05, 3.63) is 0 Å². The molecule has 2 heterocycles. The van der Waals surface area contributed by atoms with Crippen molar-refractivity contribution in [3.8, 4) is 0 Å². The Bertz CT molecular complexity index is 365. The minimum atomic E-state index is -0.0492. The fraction of sp³-hybridized carbons (Fsp3) is 1.00. The van der Waals surface area contributed by atoms with E-state index in [-0.39, 0.29) is 23.3 Å². The molecule has 0 amide bonds. The van der Waals surface area contributed by atoms with Gasteiger partial charge in [0.2, 0.25) is 0 Å². The van der Waals surface area contributed by atoms with E-state index in [0.29, 0.717) is 5.31 Å². The maximum absolute atomic E-state index is 6.05. The Morgan fingerprint density at radius 3 is 2.00 bits per heavy atom. The highest BCUT2D eigenvalue weighted by molar-refractivity contribution is 8.54. The maximum atomic E-state index is 6.05. The lowest BCUT2D eigenvalue weighted by atomic mass is 9.61. The summed E-state index contributed by atoms with van der Waals surface area (Å²) < 4.78 is 12.1. The van der Waals surface area contributed by atoms with E-state index in [4.69, 9.17) is 9.31 Å². The Hall–Kier alpha value is 1.06. The van der Waals surface area contributed by atoms with Crippen molar-refractivity contribution in [3.63, 3.8) is 0 Å². The van der Waals surface area contributed by atoms with Gasteiger partial charge >= 0.3 is 7.12 Å². The molecule has 2 saturated heterocycles. The number of hydrogen-bond acceptors (Lipinski definition) is 5. The average molecular weight is 391 g/mol. The summed E-state index contributed by atoms with van der Waals surface area (Å²) in [5, 5.41) is 4.68. The smallest absolute Gasteiger partial charge is 0.410 e. The minimum Gasteiger partial charge on any atom is -0.410 e. The van der Waals surface area contributed by atoms with Crippen molar-refractivity contribution in [2.24, 2.45) is 0 Å². The zero-order valence-electron chi connectivity index (χ0n) is 16.1. The summed E-state index contributed by atoms with van der Waals surface area (Å²) in [6, 6.07) is 0. The molecule has 0 bridgehead atoms. The van der Waals surface area contributed by atoms with E-state index in [1.807, 2.05) is 0 Å². The molecule has 0 aromatic rings. The van der Waals surface area contributed by atoms with Gasteiger partial charge in [-0.05, 0) is 39.4 Å². The highest BCUT2D eigenvalue weighted by atomic mass is 32.2. The van der Waals surface area contributed by atoms with E-state index in [9.17, 15) is 0 Å². The van der Waals surface area contributed by atoms with Crippen LogP contribution in [0, 0.1) is 0 Å². The third-order valence-electron chi connectivity index (χ3n) is 4.43. The number of rotatable bonds is 3. The largest absolute Gasteiger partial charge is 0.462 e. The molecular weight excluding hydrogens is 356 g/mol. The zero-order valence-corrected chi connectivity index (χ0v) is 18.6. The summed E-state index contributed by atoms with van der Waals surface area (Å²) in [5.74, 6) is 6.28. The molecule has 140 valence electrons. The van der Waals surface area contributed by atoms with E-state index in [0.717, 1.165) is 31.6 Å². The predicted molar refractivity (Wildman–Crippen MR) is 119 cm³/mol. The Labute approximate surface area is 161 Å². The van der Waals surface area contributed by atoms with Crippen molar-refractivity contribution in [1.29, 1.82) is 0 Å². The SMILES string of the molecule is CC(C)(C)B1OCC[SH](CC(C)(C)B2SCCNCCS2)CCO1. The predicted octanol–water partition coefficient (Wildman–Crippen LogP) is 3.66. The maximum Gasteiger partial charge on any atom is 0.462 e. The highest BCUT2D eigenvalue weighted by Crippen LogP contribution is 2.47. The third kappa shape index (κ3) is 6.99. The van der Waals surface area contributed by atoms with Gasteiger partial charge in [0.1, 0.15) is 0 Å². The van der Waals surface area contributed by atoms with E-state index >= 15 is 0 Å². The zero-order chi connectivity index (χ0) is 17.6. The van der Waals surface area contributed by atoms with Gasteiger partial charge in [0.15, 0.2) is 0 Å². The standard InChI is InChI=1S/C16H35B2NO2S3/c1-15(2,3)17-20-8-12-24(13-9-21-17)14-16(4,5)18-22-10-6-19-7-11-23-18/h19,24H,6-14H2,1-5H3. The number of thiol groups is 1. The first-order valence-corrected chi connectivity index (χ1v) is 13.2. The van der Waals surface area contributed by atoms with Crippen LogP contribution >= 0.6 is 34.1 Å². The molecule has 2 fully saturated rings. The van der Waals surface area contributed by atoms with Crippen molar-refractivity contribution in [1.82, 2.24) is 5.32 Å². The van der Waals surface area contributed by atoms with Crippen LogP contribution in [0.5, 0.6) is 0 Å². The Balaban J connectivity index is 1.85. The Kier molecular flexibility index (Phi) is 8.76. The Morgan fingerprint density at radius 1 is 0.958 bits per heavy atom. The molecule has 0 aliphatic carbocycles. The van der Waals surface area contributed by atoms with Crippen LogP contribution in [0.1, 0.15) is 34.6 Å². The van der Waals surface area contributed by atoms with Gasteiger partial charge in [0.05, 0.1) is 0 Å². The lowest BCUT2D eigenvalue weighted by Gasteiger charge is -2.38. The first-order valence-electron chi connectivity index (χ1n) is 9.18. The van der Waals surface area contributed by atoms with Gasteiger partial charge in [-0.3, -0.25) is 0 Å². The van der Waals surface area contributed by atoms with Gasteiger partial charge < -0.3 is 14.6 Å².